The lowest BCUT2D eigenvalue weighted by atomic mass is 10.1. The highest BCUT2D eigenvalue weighted by atomic mass is 16.3. The average Bonchev–Trinajstić information content (AvgIpc) is 2.96. The Morgan fingerprint density at radius 3 is 3.15 bits per heavy atom. The molecule has 2 N–H and O–H groups in total. The number of nitrogens with one attached hydrogen (secondary N) is 1. The van der Waals surface area contributed by atoms with Crippen LogP contribution in [0.1, 0.15) is 11.3 Å². The molecule has 0 amide bonds. The summed E-state index contributed by atoms with van der Waals surface area (Å²) in [5.74, 6) is 0.460. The van der Waals surface area contributed by atoms with Crippen molar-refractivity contribution < 1.29 is 5.11 Å². The number of aliphatic imine (C=N–C) groups is 1. The maximum absolute atomic E-state index is 11.7. The molecule has 0 saturated heterocycles. The minimum Gasteiger partial charge on any atom is -0.493 e. The van der Waals surface area contributed by atoms with Crippen molar-refractivity contribution in [1.29, 1.82) is 0 Å². The summed E-state index contributed by atoms with van der Waals surface area (Å²) in [5, 5.41) is 9.83. The molecule has 1 aliphatic heterocycles. The van der Waals surface area contributed by atoms with Gasteiger partial charge in [-0.3, -0.25) is 9.55 Å². The number of aromatic amines is 1. The van der Waals surface area contributed by atoms with Crippen LogP contribution in [-0.4, -0.2) is 25.9 Å². The molecule has 0 atom stereocenters. The zero-order valence-corrected chi connectivity index (χ0v) is 10.6. The minimum atomic E-state index is -0.379. The molecular weight excluding hydrogens is 256 g/mol. The Morgan fingerprint density at radius 1 is 1.50 bits per heavy atom. The molecule has 0 bridgehead atoms. The fourth-order valence-electron chi connectivity index (χ4n) is 2.11. The summed E-state index contributed by atoms with van der Waals surface area (Å²) in [4.78, 5) is 22.4. The van der Waals surface area contributed by atoms with Gasteiger partial charge in [-0.05, 0) is 18.2 Å². The predicted octanol–water partition coefficient (Wildman–Crippen LogP) is 1.72. The van der Waals surface area contributed by atoms with E-state index in [0.29, 0.717) is 18.1 Å². The Morgan fingerprint density at radius 2 is 2.35 bits per heavy atom. The molecule has 6 heteroatoms. The van der Waals surface area contributed by atoms with Gasteiger partial charge in [-0.1, -0.05) is 6.08 Å². The van der Waals surface area contributed by atoms with E-state index in [1.807, 2.05) is 12.1 Å². The van der Waals surface area contributed by atoms with E-state index in [4.69, 9.17) is 0 Å². The maximum atomic E-state index is 11.7. The average molecular weight is 268 g/mol. The van der Waals surface area contributed by atoms with Crippen LogP contribution in [0.15, 0.2) is 40.8 Å². The Balaban J connectivity index is 2.13. The third-order valence-electron chi connectivity index (χ3n) is 3.03. The van der Waals surface area contributed by atoms with Crippen LogP contribution in [0.25, 0.3) is 11.6 Å². The van der Waals surface area contributed by atoms with Crippen LogP contribution >= 0.6 is 0 Å². The maximum Gasteiger partial charge on any atom is 0.329 e. The zero-order chi connectivity index (χ0) is 14.1. The fraction of sp³-hybridized carbons (Fsp3) is 0.0714. The Labute approximate surface area is 114 Å². The number of aromatic nitrogens is 3. The van der Waals surface area contributed by atoms with Crippen LogP contribution < -0.4 is 5.69 Å². The van der Waals surface area contributed by atoms with E-state index in [1.54, 1.807) is 24.6 Å². The highest BCUT2D eigenvalue weighted by molar-refractivity contribution is 6.20. The molecular formula is C14H12N4O2. The number of hydrogen-bond acceptors (Lipinski definition) is 4. The normalized spacial score (nSPS) is 14.7. The van der Waals surface area contributed by atoms with Gasteiger partial charge in [0.05, 0.1) is 0 Å². The number of nitrogens with zero attached hydrogens (tertiary/aromatic N) is 3. The van der Waals surface area contributed by atoms with Gasteiger partial charge >= 0.3 is 5.69 Å². The van der Waals surface area contributed by atoms with Crippen molar-refractivity contribution >= 4 is 23.7 Å². The highest BCUT2D eigenvalue weighted by Gasteiger charge is 2.16. The monoisotopic (exact) mass is 268 g/mol. The number of fused-ring (bicyclic) bond motifs is 1. The number of H-pyrrole nitrogens is 1. The molecule has 2 aromatic rings. The van der Waals surface area contributed by atoms with E-state index in [1.165, 1.54) is 4.57 Å². The van der Waals surface area contributed by atoms with E-state index < -0.39 is 0 Å². The van der Waals surface area contributed by atoms with Gasteiger partial charge in [-0.25, -0.2) is 14.8 Å². The molecule has 0 unspecified atom stereocenters. The summed E-state index contributed by atoms with van der Waals surface area (Å²) in [7, 11) is 0. The molecule has 20 heavy (non-hydrogen) atoms. The van der Waals surface area contributed by atoms with Crippen molar-refractivity contribution in [2.24, 2.45) is 4.99 Å². The number of rotatable bonds is 3. The second kappa shape index (κ2) is 4.65. The Kier molecular flexibility index (Phi) is 2.83. The van der Waals surface area contributed by atoms with Crippen LogP contribution in [0.2, 0.25) is 0 Å². The summed E-state index contributed by atoms with van der Waals surface area (Å²) in [6.45, 7) is 3.91. The summed E-state index contributed by atoms with van der Waals surface area (Å²) >= 11 is 0. The van der Waals surface area contributed by atoms with Crippen molar-refractivity contribution in [3.8, 4) is 5.88 Å². The van der Waals surface area contributed by atoms with Crippen LogP contribution in [0.5, 0.6) is 5.88 Å². The smallest absolute Gasteiger partial charge is 0.329 e. The van der Waals surface area contributed by atoms with Crippen molar-refractivity contribution in [1.82, 2.24) is 14.5 Å². The summed E-state index contributed by atoms with van der Waals surface area (Å²) in [6.07, 6.45) is 6.62. The summed E-state index contributed by atoms with van der Waals surface area (Å²) < 4.78 is 1.40. The molecule has 0 saturated carbocycles. The lowest BCUT2D eigenvalue weighted by Gasteiger charge is -2.02. The molecule has 100 valence electrons. The minimum absolute atomic E-state index is 0.171. The van der Waals surface area contributed by atoms with Crippen molar-refractivity contribution in [2.45, 2.75) is 6.54 Å². The molecule has 3 heterocycles. The molecule has 0 radical (unpaired) electrons. The third kappa shape index (κ3) is 1.87. The summed E-state index contributed by atoms with van der Waals surface area (Å²) in [6, 6.07) is 3.70. The second-order valence-corrected chi connectivity index (χ2v) is 4.30. The molecule has 3 rings (SSSR count). The van der Waals surface area contributed by atoms with Crippen molar-refractivity contribution in [3.05, 3.63) is 52.7 Å². The molecule has 0 spiro atoms. The largest absolute Gasteiger partial charge is 0.493 e. The number of aromatic hydroxyl groups is 1. The molecule has 0 aromatic carbocycles. The van der Waals surface area contributed by atoms with Crippen molar-refractivity contribution in [3.63, 3.8) is 0 Å². The van der Waals surface area contributed by atoms with Crippen LogP contribution in [0, 0.1) is 0 Å². The fourth-order valence-corrected chi connectivity index (χ4v) is 2.11. The van der Waals surface area contributed by atoms with Gasteiger partial charge in [-0.15, -0.1) is 6.58 Å². The standard InChI is InChI=1S/C14H12N4O2/c1-2-6-18-11(13(19)17-14(18)20)7-9-8-16-12-10(9)4-3-5-15-12/h2-5,7-8,19H,1,6H2,(H,17,20). The van der Waals surface area contributed by atoms with Gasteiger partial charge in [0, 0.05) is 30.1 Å². The van der Waals surface area contributed by atoms with E-state index >= 15 is 0 Å². The van der Waals surface area contributed by atoms with Crippen LogP contribution in [0.3, 0.4) is 0 Å². The first-order valence-corrected chi connectivity index (χ1v) is 6.04. The van der Waals surface area contributed by atoms with Gasteiger partial charge < -0.3 is 5.11 Å². The first-order valence-electron chi connectivity index (χ1n) is 6.04. The molecule has 1 aliphatic rings. The highest BCUT2D eigenvalue weighted by Crippen LogP contribution is 2.31. The number of imidazole rings is 1. The first-order chi connectivity index (χ1) is 9.70. The first kappa shape index (κ1) is 12.2. The SMILES string of the molecule is C=CCn1c(C=C2C=Nc3ncccc32)c(O)[nH]c1=O. The number of pyridine rings is 1. The Bertz CT molecular complexity index is 796. The third-order valence-corrected chi connectivity index (χ3v) is 3.03. The van der Waals surface area contributed by atoms with E-state index in [-0.39, 0.29) is 11.6 Å². The zero-order valence-electron chi connectivity index (χ0n) is 10.6. The second-order valence-electron chi connectivity index (χ2n) is 4.30. The van der Waals surface area contributed by atoms with Gasteiger partial charge in [0.2, 0.25) is 5.88 Å². The van der Waals surface area contributed by atoms with Gasteiger partial charge in [0.1, 0.15) is 5.69 Å². The van der Waals surface area contributed by atoms with E-state index in [2.05, 4.69) is 21.5 Å². The van der Waals surface area contributed by atoms with Gasteiger partial charge in [-0.2, -0.15) is 0 Å². The predicted molar refractivity (Wildman–Crippen MR) is 77.2 cm³/mol. The lowest BCUT2D eigenvalue weighted by molar-refractivity contribution is 0.453. The van der Waals surface area contributed by atoms with Gasteiger partial charge in [0.15, 0.2) is 5.82 Å². The molecule has 6 nitrogen and oxygen atoms in total. The lowest BCUT2D eigenvalue weighted by Crippen LogP contribution is -2.16. The van der Waals surface area contributed by atoms with Crippen LogP contribution in [-0.2, 0) is 6.54 Å². The Hall–Kier alpha value is -2.89. The number of allylic oxidation sites excluding steroid dienone is 2. The number of hydrogen-bond donors (Lipinski definition) is 2. The summed E-state index contributed by atoms with van der Waals surface area (Å²) in [5.41, 5.74) is 1.68. The van der Waals surface area contributed by atoms with Crippen LogP contribution in [0.4, 0.5) is 5.82 Å². The topological polar surface area (TPSA) is 83.3 Å². The van der Waals surface area contributed by atoms with Crippen molar-refractivity contribution in [2.75, 3.05) is 0 Å². The molecule has 2 aromatic heterocycles. The molecule has 0 fully saturated rings. The van der Waals surface area contributed by atoms with Gasteiger partial charge in [0.25, 0.3) is 0 Å². The quantitative estimate of drug-likeness (QED) is 0.831. The van der Waals surface area contributed by atoms with E-state index in [0.717, 1.165) is 11.1 Å². The molecule has 0 aliphatic carbocycles. The van der Waals surface area contributed by atoms with E-state index in [9.17, 15) is 9.90 Å².